The largest absolute Gasteiger partial charge is 0.465 e. The van der Waals surface area contributed by atoms with Gasteiger partial charge in [0.2, 0.25) is 0 Å². The molecule has 0 radical (unpaired) electrons. The highest BCUT2D eigenvalue weighted by molar-refractivity contribution is 8.04. The number of nitrogens with one attached hydrogen (secondary N) is 1. The Morgan fingerprint density at radius 3 is 2.74 bits per heavy atom. The summed E-state index contributed by atoms with van der Waals surface area (Å²) in [7, 11) is 1.33. The van der Waals surface area contributed by atoms with Crippen LogP contribution in [0.4, 0.5) is 5.69 Å². The summed E-state index contributed by atoms with van der Waals surface area (Å²) in [4.78, 5) is 25.4. The van der Waals surface area contributed by atoms with E-state index in [9.17, 15) is 9.59 Å². The van der Waals surface area contributed by atoms with E-state index in [0.717, 1.165) is 16.0 Å². The summed E-state index contributed by atoms with van der Waals surface area (Å²) in [5.41, 5.74) is 3.17. The topological polar surface area (TPSA) is 55.4 Å². The Hall–Kier alpha value is -2.53. The molecular formula is C18H15NO3S. The van der Waals surface area contributed by atoms with Crippen LogP contribution >= 0.6 is 11.8 Å². The minimum absolute atomic E-state index is 0.173. The summed E-state index contributed by atoms with van der Waals surface area (Å²) in [6, 6.07) is 13.0. The van der Waals surface area contributed by atoms with Crippen LogP contribution in [-0.4, -0.2) is 19.0 Å². The van der Waals surface area contributed by atoms with Gasteiger partial charge in [0.1, 0.15) is 0 Å². The van der Waals surface area contributed by atoms with Gasteiger partial charge in [-0.25, -0.2) is 4.79 Å². The van der Waals surface area contributed by atoms with Crippen molar-refractivity contribution in [1.82, 2.24) is 0 Å². The van der Waals surface area contributed by atoms with E-state index < -0.39 is 5.97 Å². The second kappa shape index (κ2) is 6.30. The molecule has 0 aliphatic carbocycles. The second-order valence-corrected chi connectivity index (χ2v) is 6.21. The molecule has 1 heterocycles. The third-order valence-corrected chi connectivity index (χ3v) is 4.67. The molecule has 0 aromatic heterocycles. The monoisotopic (exact) mass is 325 g/mol. The highest BCUT2D eigenvalue weighted by Gasteiger charge is 2.22. The number of hydrogen-bond acceptors (Lipinski definition) is 4. The molecule has 116 valence electrons. The molecule has 0 bridgehead atoms. The molecule has 4 nitrogen and oxygen atoms in total. The van der Waals surface area contributed by atoms with E-state index in [2.05, 4.69) is 5.32 Å². The molecule has 3 rings (SSSR count). The van der Waals surface area contributed by atoms with Gasteiger partial charge in [0.25, 0.3) is 5.91 Å². The van der Waals surface area contributed by atoms with Crippen LogP contribution in [0.1, 0.15) is 21.5 Å². The van der Waals surface area contributed by atoms with E-state index in [1.54, 1.807) is 12.1 Å². The number of ether oxygens (including phenoxy) is 1. The summed E-state index contributed by atoms with van der Waals surface area (Å²) in [5, 5.41) is 2.83. The number of fused-ring (bicyclic) bond motifs is 1. The Morgan fingerprint density at radius 1 is 1.22 bits per heavy atom. The maximum absolute atomic E-state index is 12.3. The van der Waals surface area contributed by atoms with Crippen LogP contribution in [0.5, 0.6) is 0 Å². The summed E-state index contributed by atoms with van der Waals surface area (Å²) in [6.45, 7) is 2.01. The van der Waals surface area contributed by atoms with E-state index in [4.69, 9.17) is 4.74 Å². The van der Waals surface area contributed by atoms with E-state index in [-0.39, 0.29) is 5.91 Å². The van der Waals surface area contributed by atoms with Gasteiger partial charge in [-0.1, -0.05) is 36.0 Å². The SMILES string of the molecule is COC(=O)c1ccc2c(c1)NC(=O)/C(=C\c1ccccc1C)S2. The minimum Gasteiger partial charge on any atom is -0.465 e. The molecule has 5 heteroatoms. The van der Waals surface area contributed by atoms with Crippen molar-refractivity contribution in [1.29, 1.82) is 0 Å². The number of hydrogen-bond donors (Lipinski definition) is 1. The lowest BCUT2D eigenvalue weighted by atomic mass is 10.1. The lowest BCUT2D eigenvalue weighted by Gasteiger charge is -2.19. The van der Waals surface area contributed by atoms with Crippen LogP contribution < -0.4 is 5.32 Å². The van der Waals surface area contributed by atoms with Crippen molar-refractivity contribution in [3.8, 4) is 0 Å². The molecular weight excluding hydrogens is 310 g/mol. The van der Waals surface area contributed by atoms with Crippen molar-refractivity contribution in [2.24, 2.45) is 0 Å². The van der Waals surface area contributed by atoms with Crippen LogP contribution in [0.25, 0.3) is 6.08 Å². The van der Waals surface area contributed by atoms with Gasteiger partial charge in [-0.05, 0) is 42.3 Å². The normalized spacial score (nSPS) is 15.0. The number of anilines is 1. The molecule has 1 N–H and O–H groups in total. The minimum atomic E-state index is -0.423. The van der Waals surface area contributed by atoms with Gasteiger partial charge >= 0.3 is 5.97 Å². The number of methoxy groups -OCH3 is 1. The molecule has 0 spiro atoms. The van der Waals surface area contributed by atoms with Crippen molar-refractivity contribution < 1.29 is 14.3 Å². The summed E-state index contributed by atoms with van der Waals surface area (Å²) < 4.78 is 4.70. The molecule has 0 unspecified atom stereocenters. The number of carbonyl (C=O) groups is 2. The van der Waals surface area contributed by atoms with Crippen molar-refractivity contribution in [2.75, 3.05) is 12.4 Å². The van der Waals surface area contributed by atoms with Crippen molar-refractivity contribution >= 4 is 35.4 Å². The predicted molar refractivity (Wildman–Crippen MR) is 91.4 cm³/mol. The lowest BCUT2D eigenvalue weighted by Crippen LogP contribution is -2.18. The Kier molecular flexibility index (Phi) is 4.21. The molecule has 0 saturated heterocycles. The van der Waals surface area contributed by atoms with Gasteiger partial charge in [0, 0.05) is 4.90 Å². The first-order valence-electron chi connectivity index (χ1n) is 7.07. The average Bonchev–Trinajstić information content (AvgIpc) is 2.56. The number of amides is 1. The molecule has 2 aromatic carbocycles. The first kappa shape index (κ1) is 15.4. The molecule has 23 heavy (non-hydrogen) atoms. The van der Waals surface area contributed by atoms with E-state index in [0.29, 0.717) is 16.2 Å². The quantitative estimate of drug-likeness (QED) is 0.673. The van der Waals surface area contributed by atoms with Crippen LogP contribution in [0, 0.1) is 6.92 Å². The van der Waals surface area contributed by atoms with Crippen molar-refractivity contribution in [3.05, 3.63) is 64.1 Å². The van der Waals surface area contributed by atoms with E-state index in [1.165, 1.54) is 18.9 Å². The maximum Gasteiger partial charge on any atom is 0.337 e. The van der Waals surface area contributed by atoms with Gasteiger partial charge in [-0.2, -0.15) is 0 Å². The maximum atomic E-state index is 12.3. The third kappa shape index (κ3) is 3.14. The highest BCUT2D eigenvalue weighted by atomic mass is 32.2. The van der Waals surface area contributed by atoms with Gasteiger partial charge < -0.3 is 10.1 Å². The fourth-order valence-electron chi connectivity index (χ4n) is 2.30. The van der Waals surface area contributed by atoms with E-state index >= 15 is 0 Å². The predicted octanol–water partition coefficient (Wildman–Crippen LogP) is 3.87. The van der Waals surface area contributed by atoms with Gasteiger partial charge in [-0.15, -0.1) is 0 Å². The van der Waals surface area contributed by atoms with Gasteiger partial charge in [-0.3, -0.25) is 4.79 Å². The van der Waals surface area contributed by atoms with Crippen LogP contribution in [0.15, 0.2) is 52.3 Å². The zero-order valence-electron chi connectivity index (χ0n) is 12.8. The zero-order valence-corrected chi connectivity index (χ0v) is 13.6. The number of rotatable bonds is 2. The Balaban J connectivity index is 1.94. The fraction of sp³-hybridized carbons (Fsp3) is 0.111. The van der Waals surface area contributed by atoms with Crippen LogP contribution in [-0.2, 0) is 9.53 Å². The number of thioether (sulfide) groups is 1. The number of aryl methyl sites for hydroxylation is 1. The van der Waals surface area contributed by atoms with Gasteiger partial charge in [0.15, 0.2) is 0 Å². The number of carbonyl (C=O) groups excluding carboxylic acids is 2. The standard InChI is InChI=1S/C18H15NO3S/c1-11-5-3-4-6-12(11)10-16-17(20)19-14-9-13(18(21)22-2)7-8-15(14)23-16/h3-10H,1-2H3,(H,19,20)/b16-10+. The molecule has 1 amide bonds. The highest BCUT2D eigenvalue weighted by Crippen LogP contribution is 2.39. The second-order valence-electron chi connectivity index (χ2n) is 5.12. The summed E-state index contributed by atoms with van der Waals surface area (Å²) in [6.07, 6.45) is 1.88. The molecule has 0 atom stereocenters. The smallest absolute Gasteiger partial charge is 0.337 e. The van der Waals surface area contributed by atoms with Gasteiger partial charge in [0.05, 0.1) is 23.3 Å². The molecule has 0 fully saturated rings. The fourth-order valence-corrected chi connectivity index (χ4v) is 3.22. The summed E-state index contributed by atoms with van der Waals surface area (Å²) in [5.74, 6) is -0.596. The first-order chi connectivity index (χ1) is 11.1. The van der Waals surface area contributed by atoms with Crippen molar-refractivity contribution in [2.45, 2.75) is 11.8 Å². The van der Waals surface area contributed by atoms with Crippen LogP contribution in [0.3, 0.4) is 0 Å². The lowest BCUT2D eigenvalue weighted by molar-refractivity contribution is -0.112. The molecule has 0 saturated carbocycles. The molecule has 1 aliphatic rings. The van der Waals surface area contributed by atoms with Crippen LogP contribution in [0.2, 0.25) is 0 Å². The van der Waals surface area contributed by atoms with Crippen molar-refractivity contribution in [3.63, 3.8) is 0 Å². The number of benzene rings is 2. The zero-order chi connectivity index (χ0) is 16.4. The van der Waals surface area contributed by atoms with E-state index in [1.807, 2.05) is 43.3 Å². The Morgan fingerprint density at radius 2 is 2.00 bits per heavy atom. The molecule has 1 aliphatic heterocycles. The first-order valence-corrected chi connectivity index (χ1v) is 7.89. The summed E-state index contributed by atoms with van der Waals surface area (Å²) >= 11 is 1.39. The Bertz CT molecular complexity index is 827. The average molecular weight is 325 g/mol. The number of esters is 1. The third-order valence-electron chi connectivity index (χ3n) is 3.57. The Labute approximate surface area is 138 Å². The molecule has 2 aromatic rings.